The van der Waals surface area contributed by atoms with Crippen LogP contribution in [-0.4, -0.2) is 39.2 Å². The number of carbonyl (C=O) groups excluding carboxylic acids is 1. The highest BCUT2D eigenvalue weighted by molar-refractivity contribution is 6.32. The number of carbonyl (C=O) groups is 1. The van der Waals surface area contributed by atoms with E-state index < -0.39 is 0 Å². The first-order valence-corrected chi connectivity index (χ1v) is 5.27. The fraction of sp³-hybridized carbons (Fsp3) is 0.364. The molecular formula is C11H15ClN2O3. The van der Waals surface area contributed by atoms with E-state index in [1.54, 1.807) is 25.2 Å². The second-order valence-corrected chi connectivity index (χ2v) is 3.94. The van der Waals surface area contributed by atoms with Crippen molar-refractivity contribution in [3.63, 3.8) is 0 Å². The number of nitrogens with zero attached hydrogens (tertiary/aromatic N) is 1. The molecule has 0 aliphatic rings. The lowest BCUT2D eigenvalue weighted by Crippen LogP contribution is -2.36. The maximum absolute atomic E-state index is 11.8. The standard InChI is InChI=1S/C11H15ClN2O3/c1-14(2)13-11(15)7-5-8(12)10(17-4)9(6-7)16-3/h5-6H,1-4H3,(H,13,15). The van der Waals surface area contributed by atoms with E-state index in [2.05, 4.69) is 5.43 Å². The molecule has 1 rings (SSSR count). The van der Waals surface area contributed by atoms with Gasteiger partial charge in [0.1, 0.15) is 0 Å². The number of rotatable bonds is 4. The number of methoxy groups -OCH3 is 2. The van der Waals surface area contributed by atoms with Crippen LogP contribution in [0.2, 0.25) is 5.02 Å². The Morgan fingerprint density at radius 2 is 1.94 bits per heavy atom. The van der Waals surface area contributed by atoms with Crippen molar-refractivity contribution < 1.29 is 14.3 Å². The van der Waals surface area contributed by atoms with Crippen LogP contribution in [0.5, 0.6) is 11.5 Å². The van der Waals surface area contributed by atoms with Crippen LogP contribution in [0.15, 0.2) is 12.1 Å². The minimum Gasteiger partial charge on any atom is -0.493 e. The highest BCUT2D eigenvalue weighted by atomic mass is 35.5. The van der Waals surface area contributed by atoms with Gasteiger partial charge in [-0.05, 0) is 12.1 Å². The molecule has 1 aromatic carbocycles. The van der Waals surface area contributed by atoms with Crippen molar-refractivity contribution in [1.29, 1.82) is 0 Å². The fourth-order valence-corrected chi connectivity index (χ4v) is 1.60. The van der Waals surface area contributed by atoms with E-state index in [1.165, 1.54) is 20.3 Å². The second-order valence-electron chi connectivity index (χ2n) is 3.53. The Morgan fingerprint density at radius 3 is 2.41 bits per heavy atom. The summed E-state index contributed by atoms with van der Waals surface area (Å²) in [4.78, 5) is 11.8. The average Bonchev–Trinajstić information content (AvgIpc) is 2.26. The number of hydrogen-bond donors (Lipinski definition) is 1. The van der Waals surface area contributed by atoms with Crippen LogP contribution in [0.25, 0.3) is 0 Å². The molecule has 0 aliphatic heterocycles. The van der Waals surface area contributed by atoms with Crippen molar-refractivity contribution >= 4 is 17.5 Å². The highest BCUT2D eigenvalue weighted by Gasteiger charge is 2.15. The first-order chi connectivity index (χ1) is 7.99. The summed E-state index contributed by atoms with van der Waals surface area (Å²) in [5.41, 5.74) is 3.02. The second kappa shape index (κ2) is 5.75. The van der Waals surface area contributed by atoms with Crippen molar-refractivity contribution in [3.8, 4) is 11.5 Å². The molecule has 6 heteroatoms. The predicted molar refractivity (Wildman–Crippen MR) is 65.7 cm³/mol. The van der Waals surface area contributed by atoms with Crippen molar-refractivity contribution in [2.45, 2.75) is 0 Å². The van der Waals surface area contributed by atoms with Crippen molar-refractivity contribution in [1.82, 2.24) is 10.4 Å². The first kappa shape index (κ1) is 13.6. The van der Waals surface area contributed by atoms with E-state index in [9.17, 15) is 4.79 Å². The first-order valence-electron chi connectivity index (χ1n) is 4.89. The smallest absolute Gasteiger partial charge is 0.265 e. The van der Waals surface area contributed by atoms with E-state index in [1.807, 2.05) is 0 Å². The van der Waals surface area contributed by atoms with Crippen LogP contribution in [0.1, 0.15) is 10.4 Å². The van der Waals surface area contributed by atoms with Crippen LogP contribution in [-0.2, 0) is 0 Å². The van der Waals surface area contributed by atoms with Gasteiger partial charge in [-0.2, -0.15) is 0 Å². The molecule has 94 valence electrons. The lowest BCUT2D eigenvalue weighted by Gasteiger charge is -2.14. The Bertz CT molecular complexity index is 421. The molecule has 0 bridgehead atoms. The highest BCUT2D eigenvalue weighted by Crippen LogP contribution is 2.35. The summed E-state index contributed by atoms with van der Waals surface area (Å²) in [6, 6.07) is 3.10. The molecule has 1 amide bonds. The molecule has 0 spiro atoms. The van der Waals surface area contributed by atoms with E-state index in [0.717, 1.165) is 0 Å². The Morgan fingerprint density at radius 1 is 1.29 bits per heavy atom. The molecule has 0 saturated heterocycles. The molecule has 0 heterocycles. The summed E-state index contributed by atoms with van der Waals surface area (Å²) in [7, 11) is 6.42. The minimum absolute atomic E-state index is 0.266. The SMILES string of the molecule is COc1cc(C(=O)NN(C)C)cc(Cl)c1OC. The van der Waals surface area contributed by atoms with Gasteiger partial charge in [-0.25, -0.2) is 5.01 Å². The van der Waals surface area contributed by atoms with Crippen LogP contribution >= 0.6 is 11.6 Å². The average molecular weight is 259 g/mol. The molecule has 17 heavy (non-hydrogen) atoms. The lowest BCUT2D eigenvalue weighted by atomic mass is 10.2. The van der Waals surface area contributed by atoms with Gasteiger partial charge < -0.3 is 9.47 Å². The van der Waals surface area contributed by atoms with Gasteiger partial charge in [-0.3, -0.25) is 10.2 Å². The third-order valence-electron chi connectivity index (χ3n) is 2.02. The van der Waals surface area contributed by atoms with Gasteiger partial charge in [0.05, 0.1) is 19.2 Å². The molecule has 0 radical (unpaired) electrons. The van der Waals surface area contributed by atoms with E-state index in [-0.39, 0.29) is 5.91 Å². The minimum atomic E-state index is -0.266. The van der Waals surface area contributed by atoms with Crippen LogP contribution in [0, 0.1) is 0 Å². The monoisotopic (exact) mass is 258 g/mol. The van der Waals surface area contributed by atoms with E-state index in [0.29, 0.717) is 22.1 Å². The Kier molecular flexibility index (Phi) is 4.60. The van der Waals surface area contributed by atoms with Crippen LogP contribution in [0.3, 0.4) is 0 Å². The summed E-state index contributed by atoms with van der Waals surface area (Å²) >= 11 is 6.00. The molecule has 0 unspecified atom stereocenters. The zero-order valence-electron chi connectivity index (χ0n) is 10.2. The number of hydrazine groups is 1. The number of hydrogen-bond acceptors (Lipinski definition) is 4. The molecule has 0 saturated carbocycles. The van der Waals surface area contributed by atoms with Crippen molar-refractivity contribution in [2.75, 3.05) is 28.3 Å². The third kappa shape index (κ3) is 3.25. The Labute approximate surface area is 105 Å². The van der Waals surface area contributed by atoms with Gasteiger partial charge in [0, 0.05) is 19.7 Å². The van der Waals surface area contributed by atoms with Gasteiger partial charge >= 0.3 is 0 Å². The Hall–Kier alpha value is -1.46. The number of halogens is 1. The maximum Gasteiger partial charge on any atom is 0.265 e. The molecule has 1 aromatic rings. The summed E-state index contributed by atoms with van der Waals surface area (Å²) in [6.45, 7) is 0. The van der Waals surface area contributed by atoms with Gasteiger partial charge in [0.2, 0.25) is 0 Å². The largest absolute Gasteiger partial charge is 0.493 e. The third-order valence-corrected chi connectivity index (χ3v) is 2.30. The molecule has 0 aliphatic carbocycles. The normalized spacial score (nSPS) is 10.2. The summed E-state index contributed by atoms with van der Waals surface area (Å²) < 4.78 is 10.2. The number of ether oxygens (including phenoxy) is 2. The van der Waals surface area contributed by atoms with Crippen LogP contribution < -0.4 is 14.9 Å². The molecule has 1 N–H and O–H groups in total. The van der Waals surface area contributed by atoms with Gasteiger partial charge in [0.25, 0.3) is 5.91 Å². The lowest BCUT2D eigenvalue weighted by molar-refractivity contribution is 0.0856. The number of benzene rings is 1. The molecule has 0 fully saturated rings. The Balaban J connectivity index is 3.11. The van der Waals surface area contributed by atoms with Gasteiger partial charge in [-0.1, -0.05) is 11.6 Å². The molecule has 0 atom stereocenters. The zero-order chi connectivity index (χ0) is 13.0. The molecule has 0 aromatic heterocycles. The molecular weight excluding hydrogens is 244 g/mol. The van der Waals surface area contributed by atoms with Crippen LogP contribution in [0.4, 0.5) is 0 Å². The summed E-state index contributed by atoms with van der Waals surface area (Å²) in [5.74, 6) is 0.567. The van der Waals surface area contributed by atoms with E-state index >= 15 is 0 Å². The van der Waals surface area contributed by atoms with Gasteiger partial charge in [0.15, 0.2) is 11.5 Å². The predicted octanol–water partition coefficient (Wildman–Crippen LogP) is 1.56. The maximum atomic E-state index is 11.8. The number of amides is 1. The number of nitrogens with one attached hydrogen (secondary N) is 1. The zero-order valence-corrected chi connectivity index (χ0v) is 11.0. The molecule has 5 nitrogen and oxygen atoms in total. The summed E-state index contributed by atoms with van der Waals surface area (Å²) in [6.07, 6.45) is 0. The fourth-order valence-electron chi connectivity index (χ4n) is 1.32. The van der Waals surface area contributed by atoms with E-state index in [4.69, 9.17) is 21.1 Å². The quantitative estimate of drug-likeness (QED) is 0.833. The summed E-state index contributed by atoms with van der Waals surface area (Å²) in [5, 5.41) is 1.88. The van der Waals surface area contributed by atoms with Crippen molar-refractivity contribution in [2.24, 2.45) is 0 Å². The van der Waals surface area contributed by atoms with Crippen molar-refractivity contribution in [3.05, 3.63) is 22.7 Å². The topological polar surface area (TPSA) is 50.8 Å². The van der Waals surface area contributed by atoms with Gasteiger partial charge in [-0.15, -0.1) is 0 Å².